The summed E-state index contributed by atoms with van der Waals surface area (Å²) in [5.74, 6) is 1.50. The molecular weight excluding hydrogens is 396 g/mol. The number of benzene rings is 2. The maximum atomic E-state index is 13.3. The van der Waals surface area contributed by atoms with E-state index in [1.807, 2.05) is 44.2 Å². The summed E-state index contributed by atoms with van der Waals surface area (Å²) < 4.78 is 7.18. The van der Waals surface area contributed by atoms with Crippen LogP contribution in [0.15, 0.2) is 56.8 Å². The second kappa shape index (κ2) is 7.77. The molecule has 0 N–H and O–H groups in total. The SMILES string of the molecule is CCc1nnc(CSc2nc3ccccc3c(=O)n2-c2cccc(Cl)c2C)o1. The molecule has 0 aliphatic carbocycles. The maximum Gasteiger partial charge on any atom is 0.266 e. The fourth-order valence-corrected chi connectivity index (χ4v) is 3.89. The van der Waals surface area contributed by atoms with E-state index in [1.165, 1.54) is 11.8 Å². The van der Waals surface area contributed by atoms with Crippen LogP contribution in [0.3, 0.4) is 0 Å². The number of nitrogens with zero attached hydrogens (tertiary/aromatic N) is 4. The third-order valence-electron chi connectivity index (χ3n) is 4.36. The number of halogens is 1. The predicted molar refractivity (Wildman–Crippen MR) is 110 cm³/mol. The average Bonchev–Trinajstić information content (AvgIpc) is 3.17. The lowest BCUT2D eigenvalue weighted by molar-refractivity contribution is 0.469. The summed E-state index contributed by atoms with van der Waals surface area (Å²) >= 11 is 7.68. The van der Waals surface area contributed by atoms with Gasteiger partial charge in [0.2, 0.25) is 11.8 Å². The fraction of sp³-hybridized carbons (Fsp3) is 0.200. The summed E-state index contributed by atoms with van der Waals surface area (Å²) in [6, 6.07) is 12.8. The fourth-order valence-electron chi connectivity index (χ4n) is 2.88. The van der Waals surface area contributed by atoms with Crippen molar-refractivity contribution in [1.82, 2.24) is 19.7 Å². The molecule has 142 valence electrons. The molecule has 4 aromatic rings. The van der Waals surface area contributed by atoms with Crippen LogP contribution < -0.4 is 5.56 Å². The summed E-state index contributed by atoms with van der Waals surface area (Å²) in [5.41, 5.74) is 2.03. The molecule has 8 heteroatoms. The van der Waals surface area contributed by atoms with Gasteiger partial charge in [0, 0.05) is 11.4 Å². The quantitative estimate of drug-likeness (QED) is 0.352. The van der Waals surface area contributed by atoms with Crippen LogP contribution in [-0.4, -0.2) is 19.7 Å². The van der Waals surface area contributed by atoms with E-state index in [2.05, 4.69) is 10.2 Å². The minimum Gasteiger partial charge on any atom is -0.424 e. The van der Waals surface area contributed by atoms with Crippen molar-refractivity contribution in [2.45, 2.75) is 31.2 Å². The summed E-state index contributed by atoms with van der Waals surface area (Å²) in [6.45, 7) is 3.84. The van der Waals surface area contributed by atoms with Crippen LogP contribution in [0.2, 0.25) is 5.02 Å². The van der Waals surface area contributed by atoms with Gasteiger partial charge < -0.3 is 4.42 Å². The first-order valence-corrected chi connectivity index (χ1v) is 10.2. The van der Waals surface area contributed by atoms with Crippen molar-refractivity contribution in [2.75, 3.05) is 0 Å². The van der Waals surface area contributed by atoms with Gasteiger partial charge in [0.05, 0.1) is 22.3 Å². The van der Waals surface area contributed by atoms with E-state index in [0.717, 1.165) is 5.56 Å². The zero-order valence-electron chi connectivity index (χ0n) is 15.3. The van der Waals surface area contributed by atoms with Crippen molar-refractivity contribution in [3.63, 3.8) is 0 Å². The van der Waals surface area contributed by atoms with Crippen molar-refractivity contribution in [2.24, 2.45) is 0 Å². The lowest BCUT2D eigenvalue weighted by Gasteiger charge is -2.15. The van der Waals surface area contributed by atoms with E-state index in [-0.39, 0.29) is 5.56 Å². The molecule has 4 rings (SSSR count). The summed E-state index contributed by atoms with van der Waals surface area (Å²) in [5, 5.41) is 9.73. The Labute approximate surface area is 170 Å². The van der Waals surface area contributed by atoms with Gasteiger partial charge in [-0.25, -0.2) is 4.98 Å². The number of hydrogen-bond acceptors (Lipinski definition) is 6. The Morgan fingerprint density at radius 3 is 2.68 bits per heavy atom. The van der Waals surface area contributed by atoms with Crippen molar-refractivity contribution < 1.29 is 4.42 Å². The Morgan fingerprint density at radius 2 is 1.89 bits per heavy atom. The molecule has 0 atom stereocenters. The lowest BCUT2D eigenvalue weighted by Crippen LogP contribution is -2.22. The Morgan fingerprint density at radius 1 is 1.11 bits per heavy atom. The molecule has 0 fully saturated rings. The summed E-state index contributed by atoms with van der Waals surface area (Å²) in [6.07, 6.45) is 0.679. The molecule has 0 saturated heterocycles. The average molecular weight is 413 g/mol. The normalized spacial score (nSPS) is 11.2. The van der Waals surface area contributed by atoms with Crippen LogP contribution in [0, 0.1) is 6.92 Å². The zero-order valence-corrected chi connectivity index (χ0v) is 16.9. The molecule has 6 nitrogen and oxygen atoms in total. The van der Waals surface area contributed by atoms with E-state index >= 15 is 0 Å². The molecule has 0 saturated carbocycles. The van der Waals surface area contributed by atoms with Gasteiger partial charge in [-0.15, -0.1) is 10.2 Å². The van der Waals surface area contributed by atoms with Gasteiger partial charge in [-0.1, -0.05) is 48.5 Å². The van der Waals surface area contributed by atoms with Crippen LogP contribution in [0.1, 0.15) is 24.3 Å². The van der Waals surface area contributed by atoms with Crippen LogP contribution in [0.5, 0.6) is 0 Å². The van der Waals surface area contributed by atoms with Crippen molar-refractivity contribution in [3.8, 4) is 5.69 Å². The third-order valence-corrected chi connectivity index (χ3v) is 5.69. The van der Waals surface area contributed by atoms with Gasteiger partial charge in [-0.2, -0.15) is 0 Å². The maximum absolute atomic E-state index is 13.3. The largest absolute Gasteiger partial charge is 0.424 e. The first-order valence-electron chi connectivity index (χ1n) is 8.79. The molecule has 0 spiro atoms. The van der Waals surface area contributed by atoms with Crippen molar-refractivity contribution in [1.29, 1.82) is 0 Å². The Balaban J connectivity index is 1.86. The highest BCUT2D eigenvalue weighted by atomic mass is 35.5. The van der Waals surface area contributed by atoms with Crippen molar-refractivity contribution in [3.05, 3.63) is 75.2 Å². The van der Waals surface area contributed by atoms with Crippen LogP contribution in [-0.2, 0) is 12.2 Å². The molecule has 0 aliphatic rings. The standard InChI is InChI=1S/C20H17ClN4O2S/c1-3-17-23-24-18(27-17)11-28-20-22-15-9-5-4-7-13(15)19(26)25(20)16-10-6-8-14(21)12(16)2/h4-10H,3,11H2,1-2H3. The van der Waals surface area contributed by atoms with Gasteiger partial charge in [-0.05, 0) is 36.8 Å². The number of hydrogen-bond donors (Lipinski definition) is 0. The van der Waals surface area contributed by atoms with Crippen LogP contribution in [0.25, 0.3) is 16.6 Å². The van der Waals surface area contributed by atoms with Crippen LogP contribution in [0.4, 0.5) is 0 Å². The molecule has 0 unspecified atom stereocenters. The first-order chi connectivity index (χ1) is 13.6. The number of aryl methyl sites for hydroxylation is 1. The smallest absolute Gasteiger partial charge is 0.266 e. The number of rotatable bonds is 5. The van der Waals surface area contributed by atoms with E-state index < -0.39 is 0 Å². The molecule has 2 aromatic heterocycles. The molecule has 2 heterocycles. The van der Waals surface area contributed by atoms with E-state index in [1.54, 1.807) is 16.7 Å². The van der Waals surface area contributed by atoms with E-state index in [9.17, 15) is 4.79 Å². The van der Waals surface area contributed by atoms with E-state index in [4.69, 9.17) is 21.0 Å². The minimum absolute atomic E-state index is 0.141. The molecular formula is C20H17ClN4O2S. The predicted octanol–water partition coefficient (Wildman–Crippen LogP) is 4.59. The molecule has 0 amide bonds. The number of fused-ring (bicyclic) bond motifs is 1. The van der Waals surface area contributed by atoms with Gasteiger partial charge in [-0.3, -0.25) is 9.36 Å². The van der Waals surface area contributed by atoms with Gasteiger partial charge >= 0.3 is 0 Å². The summed E-state index contributed by atoms with van der Waals surface area (Å²) in [7, 11) is 0. The van der Waals surface area contributed by atoms with Crippen LogP contribution >= 0.6 is 23.4 Å². The topological polar surface area (TPSA) is 73.8 Å². The second-order valence-corrected chi connectivity index (χ2v) is 7.52. The second-order valence-electron chi connectivity index (χ2n) is 6.17. The number of thioether (sulfide) groups is 1. The molecule has 0 aliphatic heterocycles. The highest BCUT2D eigenvalue weighted by Gasteiger charge is 2.17. The third kappa shape index (κ3) is 3.43. The van der Waals surface area contributed by atoms with Gasteiger partial charge in [0.25, 0.3) is 5.56 Å². The lowest BCUT2D eigenvalue weighted by atomic mass is 10.2. The summed E-state index contributed by atoms with van der Waals surface area (Å²) in [4.78, 5) is 18.0. The van der Waals surface area contributed by atoms with Gasteiger partial charge in [0.15, 0.2) is 5.16 Å². The van der Waals surface area contributed by atoms with Crippen molar-refractivity contribution >= 4 is 34.3 Å². The number of aromatic nitrogens is 4. The molecule has 0 bridgehead atoms. The van der Waals surface area contributed by atoms with Gasteiger partial charge in [0.1, 0.15) is 0 Å². The Hall–Kier alpha value is -2.64. The monoisotopic (exact) mass is 412 g/mol. The minimum atomic E-state index is -0.141. The highest BCUT2D eigenvalue weighted by Crippen LogP contribution is 2.28. The van der Waals surface area contributed by atoms with E-state index in [0.29, 0.717) is 50.7 Å². The Kier molecular flexibility index (Phi) is 5.19. The Bertz CT molecular complexity index is 1220. The molecule has 0 radical (unpaired) electrons. The first kappa shape index (κ1) is 18.7. The molecule has 28 heavy (non-hydrogen) atoms. The molecule has 2 aromatic carbocycles. The number of para-hydroxylation sites is 1. The zero-order chi connectivity index (χ0) is 19.7. The highest BCUT2D eigenvalue weighted by molar-refractivity contribution is 7.98.